The number of aryl methyl sites for hydroxylation is 2. The number of rotatable bonds is 3. The van der Waals surface area contributed by atoms with Gasteiger partial charge in [-0.15, -0.1) is 0 Å². The van der Waals surface area contributed by atoms with Crippen molar-refractivity contribution in [3.05, 3.63) is 29.5 Å². The first-order chi connectivity index (χ1) is 8.08. The minimum atomic E-state index is -0.313. The molecule has 2 aromatic rings. The quantitative estimate of drug-likeness (QED) is 0.823. The number of hydrogen-bond acceptors (Lipinski definition) is 5. The van der Waals surface area contributed by atoms with Crippen LogP contribution in [-0.2, 0) is 0 Å². The third kappa shape index (κ3) is 2.32. The maximum absolute atomic E-state index is 11.9. The fourth-order valence-electron chi connectivity index (χ4n) is 1.50. The smallest absolute Gasteiger partial charge is 0.289 e. The standard InChI is InChI=1S/C10H13N5O2/c1-5-8(17-7(3)13-5)10(16)14-6(2)9-11-4-12-15-9/h4,6H,1-3H3,(H,14,16)(H,11,12,15). The predicted molar refractivity (Wildman–Crippen MR) is 58.2 cm³/mol. The maximum atomic E-state index is 11.9. The van der Waals surface area contributed by atoms with E-state index in [0.717, 1.165) is 0 Å². The average Bonchev–Trinajstić information content (AvgIpc) is 2.87. The molecule has 0 bridgehead atoms. The van der Waals surface area contributed by atoms with E-state index in [2.05, 4.69) is 25.5 Å². The average molecular weight is 235 g/mol. The summed E-state index contributed by atoms with van der Waals surface area (Å²) in [6.07, 6.45) is 1.39. The zero-order valence-electron chi connectivity index (χ0n) is 9.81. The largest absolute Gasteiger partial charge is 0.436 e. The highest BCUT2D eigenvalue weighted by atomic mass is 16.4. The van der Waals surface area contributed by atoms with E-state index in [9.17, 15) is 4.79 Å². The van der Waals surface area contributed by atoms with E-state index in [1.165, 1.54) is 6.33 Å². The van der Waals surface area contributed by atoms with E-state index in [0.29, 0.717) is 17.4 Å². The van der Waals surface area contributed by atoms with Crippen LogP contribution in [-0.4, -0.2) is 26.1 Å². The van der Waals surface area contributed by atoms with Crippen LogP contribution >= 0.6 is 0 Å². The lowest BCUT2D eigenvalue weighted by molar-refractivity contribution is 0.0908. The lowest BCUT2D eigenvalue weighted by Gasteiger charge is -2.09. The van der Waals surface area contributed by atoms with Crippen molar-refractivity contribution < 1.29 is 9.21 Å². The number of oxazole rings is 1. The Morgan fingerprint density at radius 2 is 2.29 bits per heavy atom. The number of carbonyl (C=O) groups is 1. The van der Waals surface area contributed by atoms with Gasteiger partial charge in [-0.05, 0) is 13.8 Å². The van der Waals surface area contributed by atoms with Gasteiger partial charge in [-0.1, -0.05) is 0 Å². The minimum Gasteiger partial charge on any atom is -0.436 e. The number of carbonyl (C=O) groups excluding carboxylic acids is 1. The van der Waals surface area contributed by atoms with Crippen molar-refractivity contribution in [2.24, 2.45) is 0 Å². The number of aromatic nitrogens is 4. The Morgan fingerprint density at radius 3 is 2.82 bits per heavy atom. The molecule has 2 aromatic heterocycles. The number of aromatic amines is 1. The molecule has 0 spiro atoms. The predicted octanol–water partition coefficient (Wildman–Crippen LogP) is 0.901. The van der Waals surface area contributed by atoms with Gasteiger partial charge in [0.1, 0.15) is 12.2 Å². The van der Waals surface area contributed by atoms with E-state index in [4.69, 9.17) is 4.42 Å². The summed E-state index contributed by atoms with van der Waals surface area (Å²) in [4.78, 5) is 19.9. The van der Waals surface area contributed by atoms with Crippen LogP contribution in [0.3, 0.4) is 0 Å². The van der Waals surface area contributed by atoms with Crippen molar-refractivity contribution in [2.45, 2.75) is 26.8 Å². The van der Waals surface area contributed by atoms with Crippen LogP contribution in [0.25, 0.3) is 0 Å². The van der Waals surface area contributed by atoms with E-state index in [-0.39, 0.29) is 17.7 Å². The van der Waals surface area contributed by atoms with E-state index >= 15 is 0 Å². The van der Waals surface area contributed by atoms with Gasteiger partial charge in [-0.25, -0.2) is 9.97 Å². The summed E-state index contributed by atoms with van der Waals surface area (Å²) in [6.45, 7) is 5.23. The summed E-state index contributed by atoms with van der Waals surface area (Å²) in [5.41, 5.74) is 0.574. The molecule has 7 nitrogen and oxygen atoms in total. The van der Waals surface area contributed by atoms with Crippen molar-refractivity contribution in [1.29, 1.82) is 0 Å². The Bertz CT molecular complexity index is 517. The number of nitrogens with zero attached hydrogens (tertiary/aromatic N) is 3. The van der Waals surface area contributed by atoms with Gasteiger partial charge in [0.05, 0.1) is 11.7 Å². The molecule has 0 saturated heterocycles. The van der Waals surface area contributed by atoms with Gasteiger partial charge >= 0.3 is 0 Å². The summed E-state index contributed by atoms with van der Waals surface area (Å²) < 4.78 is 5.22. The molecule has 1 unspecified atom stereocenters. The molecule has 0 aliphatic rings. The molecule has 1 atom stereocenters. The molecular formula is C10H13N5O2. The van der Waals surface area contributed by atoms with Crippen molar-refractivity contribution in [1.82, 2.24) is 25.5 Å². The lowest BCUT2D eigenvalue weighted by Crippen LogP contribution is -2.27. The SMILES string of the molecule is Cc1nc(C)c(C(=O)NC(C)c2ncn[nH]2)o1. The Balaban J connectivity index is 2.09. The normalized spacial score (nSPS) is 12.4. The van der Waals surface area contributed by atoms with E-state index in [1.54, 1.807) is 20.8 Å². The molecule has 2 rings (SSSR count). The minimum absolute atomic E-state index is 0.230. The molecule has 90 valence electrons. The Labute approximate surface area is 97.7 Å². The fraction of sp³-hybridized carbons (Fsp3) is 0.400. The monoisotopic (exact) mass is 235 g/mol. The first-order valence-corrected chi connectivity index (χ1v) is 5.18. The van der Waals surface area contributed by atoms with Crippen LogP contribution in [0, 0.1) is 13.8 Å². The van der Waals surface area contributed by atoms with E-state index in [1.807, 2.05) is 0 Å². The molecule has 1 amide bonds. The summed E-state index contributed by atoms with van der Waals surface area (Å²) in [5.74, 6) is 0.980. The van der Waals surface area contributed by atoms with Gasteiger partial charge in [0.25, 0.3) is 5.91 Å². The lowest BCUT2D eigenvalue weighted by atomic mass is 10.3. The number of hydrogen-bond donors (Lipinski definition) is 2. The molecule has 0 aromatic carbocycles. The molecule has 17 heavy (non-hydrogen) atoms. The molecule has 0 aliphatic carbocycles. The third-order valence-electron chi connectivity index (χ3n) is 2.30. The number of H-pyrrole nitrogens is 1. The highest BCUT2D eigenvalue weighted by molar-refractivity contribution is 5.92. The van der Waals surface area contributed by atoms with Gasteiger partial charge < -0.3 is 9.73 Å². The number of amides is 1. The molecule has 0 fully saturated rings. The van der Waals surface area contributed by atoms with Crippen LogP contribution in [0.1, 0.15) is 40.9 Å². The third-order valence-corrected chi connectivity index (χ3v) is 2.30. The van der Waals surface area contributed by atoms with Crippen molar-refractivity contribution >= 4 is 5.91 Å². The van der Waals surface area contributed by atoms with Crippen LogP contribution in [0.15, 0.2) is 10.7 Å². The summed E-state index contributed by atoms with van der Waals surface area (Å²) in [7, 11) is 0. The van der Waals surface area contributed by atoms with Crippen LogP contribution in [0.2, 0.25) is 0 Å². The topological polar surface area (TPSA) is 96.7 Å². The molecule has 0 saturated carbocycles. The van der Waals surface area contributed by atoms with Crippen molar-refractivity contribution in [2.75, 3.05) is 0 Å². The van der Waals surface area contributed by atoms with Gasteiger partial charge in [0, 0.05) is 6.92 Å². The highest BCUT2D eigenvalue weighted by Crippen LogP contribution is 2.11. The molecule has 0 aliphatic heterocycles. The van der Waals surface area contributed by atoms with Crippen molar-refractivity contribution in [3.8, 4) is 0 Å². The summed E-state index contributed by atoms with van der Waals surface area (Å²) >= 11 is 0. The van der Waals surface area contributed by atoms with Crippen LogP contribution in [0.4, 0.5) is 0 Å². The fourth-order valence-corrected chi connectivity index (χ4v) is 1.50. The van der Waals surface area contributed by atoms with Gasteiger partial charge in [-0.3, -0.25) is 9.89 Å². The number of nitrogens with one attached hydrogen (secondary N) is 2. The summed E-state index contributed by atoms with van der Waals surface area (Å²) in [6, 6.07) is -0.269. The molecule has 2 N–H and O–H groups in total. The molecule has 7 heteroatoms. The highest BCUT2D eigenvalue weighted by Gasteiger charge is 2.19. The molecule has 0 radical (unpaired) electrons. The first-order valence-electron chi connectivity index (χ1n) is 5.18. The van der Waals surface area contributed by atoms with Gasteiger partial charge in [0.15, 0.2) is 5.89 Å². The van der Waals surface area contributed by atoms with Gasteiger partial charge in [0.2, 0.25) is 5.76 Å². The summed E-state index contributed by atoms with van der Waals surface area (Å²) in [5, 5.41) is 9.16. The first kappa shape index (κ1) is 11.3. The zero-order valence-corrected chi connectivity index (χ0v) is 9.81. The second-order valence-electron chi connectivity index (χ2n) is 3.71. The van der Waals surface area contributed by atoms with E-state index < -0.39 is 0 Å². The molecular weight excluding hydrogens is 222 g/mol. The van der Waals surface area contributed by atoms with Crippen molar-refractivity contribution in [3.63, 3.8) is 0 Å². The Morgan fingerprint density at radius 1 is 1.53 bits per heavy atom. The van der Waals surface area contributed by atoms with Crippen LogP contribution in [0.5, 0.6) is 0 Å². The Kier molecular flexibility index (Phi) is 2.90. The second kappa shape index (κ2) is 4.36. The van der Waals surface area contributed by atoms with Crippen LogP contribution < -0.4 is 5.32 Å². The Hall–Kier alpha value is -2.18. The second-order valence-corrected chi connectivity index (χ2v) is 3.71. The molecule has 2 heterocycles. The van der Waals surface area contributed by atoms with Gasteiger partial charge in [-0.2, -0.15) is 5.10 Å². The zero-order chi connectivity index (χ0) is 12.4. The maximum Gasteiger partial charge on any atom is 0.289 e.